The van der Waals surface area contributed by atoms with E-state index < -0.39 is 16.6 Å². The molecule has 1 amide bonds. The van der Waals surface area contributed by atoms with Crippen LogP contribution in [0.4, 0.5) is 15.2 Å². The van der Waals surface area contributed by atoms with Crippen LogP contribution in [-0.2, 0) is 0 Å². The molecule has 138 valence electrons. The molecule has 1 aromatic heterocycles. The number of ether oxygens (including phenoxy) is 1. The van der Waals surface area contributed by atoms with Gasteiger partial charge >= 0.3 is 0 Å². The molecule has 0 radical (unpaired) electrons. The molecule has 0 saturated heterocycles. The molecule has 0 bridgehead atoms. The van der Waals surface area contributed by atoms with Crippen molar-refractivity contribution in [3.63, 3.8) is 0 Å². The van der Waals surface area contributed by atoms with Crippen LogP contribution >= 0.6 is 22.9 Å². The molecule has 0 aliphatic rings. The molecule has 2 aromatic carbocycles. The van der Waals surface area contributed by atoms with Crippen molar-refractivity contribution in [3.8, 4) is 17.0 Å². The number of non-ortho nitro benzene ring substituents is 1. The number of anilines is 1. The van der Waals surface area contributed by atoms with E-state index in [-0.39, 0.29) is 27.2 Å². The summed E-state index contributed by atoms with van der Waals surface area (Å²) in [5.41, 5.74) is 0.677. The van der Waals surface area contributed by atoms with Crippen LogP contribution in [-0.4, -0.2) is 22.9 Å². The number of carbonyl (C=O) groups excluding carboxylic acids is 1. The van der Waals surface area contributed by atoms with Crippen molar-refractivity contribution in [2.75, 3.05) is 12.4 Å². The van der Waals surface area contributed by atoms with Crippen LogP contribution in [0.15, 0.2) is 41.8 Å². The number of amides is 1. The van der Waals surface area contributed by atoms with Crippen molar-refractivity contribution in [1.29, 1.82) is 0 Å². The van der Waals surface area contributed by atoms with Crippen molar-refractivity contribution in [3.05, 3.63) is 68.3 Å². The molecule has 0 spiro atoms. The standard InChI is InChI=1S/C17H11ClFN3O4S/c1-26-15-5-2-9(6-13(15)19)14-8-27-17(20-14)21-16(23)11-7-10(22(24)25)3-4-12(11)18/h2-8H,1H3,(H,20,21,23). The van der Waals surface area contributed by atoms with Gasteiger partial charge in [0, 0.05) is 23.1 Å². The maximum Gasteiger partial charge on any atom is 0.270 e. The van der Waals surface area contributed by atoms with Gasteiger partial charge in [-0.1, -0.05) is 11.6 Å². The van der Waals surface area contributed by atoms with Gasteiger partial charge in [-0.05, 0) is 24.3 Å². The van der Waals surface area contributed by atoms with Gasteiger partial charge in [-0.15, -0.1) is 11.3 Å². The number of aromatic nitrogens is 1. The molecule has 1 heterocycles. The number of nitro benzene ring substituents is 1. The van der Waals surface area contributed by atoms with Gasteiger partial charge in [0.15, 0.2) is 16.7 Å². The molecule has 0 fully saturated rings. The van der Waals surface area contributed by atoms with Gasteiger partial charge in [0.2, 0.25) is 0 Å². The summed E-state index contributed by atoms with van der Waals surface area (Å²) in [6, 6.07) is 7.97. The third-order valence-electron chi connectivity index (χ3n) is 3.58. The van der Waals surface area contributed by atoms with Crippen LogP contribution in [0.1, 0.15) is 10.4 Å². The number of hydrogen-bond acceptors (Lipinski definition) is 6. The van der Waals surface area contributed by atoms with E-state index in [2.05, 4.69) is 10.3 Å². The predicted octanol–water partition coefficient (Wildman–Crippen LogP) is 4.77. The van der Waals surface area contributed by atoms with Crippen LogP contribution < -0.4 is 10.1 Å². The average Bonchev–Trinajstić information content (AvgIpc) is 3.10. The number of carbonyl (C=O) groups is 1. The topological polar surface area (TPSA) is 94.4 Å². The lowest BCUT2D eigenvalue weighted by atomic mass is 10.1. The van der Waals surface area contributed by atoms with E-state index in [1.807, 2.05) is 0 Å². The van der Waals surface area contributed by atoms with Gasteiger partial charge in [-0.3, -0.25) is 20.2 Å². The number of thiazole rings is 1. The monoisotopic (exact) mass is 407 g/mol. The summed E-state index contributed by atoms with van der Waals surface area (Å²) >= 11 is 7.08. The minimum atomic E-state index is -0.634. The van der Waals surface area contributed by atoms with Crippen LogP contribution in [0, 0.1) is 15.9 Å². The Kier molecular flexibility index (Phi) is 5.33. The van der Waals surface area contributed by atoms with E-state index in [1.54, 1.807) is 11.4 Å². The Morgan fingerprint density at radius 3 is 2.78 bits per heavy atom. The minimum absolute atomic E-state index is 0.0434. The first kappa shape index (κ1) is 18.7. The SMILES string of the molecule is COc1ccc(-c2csc(NC(=O)c3cc([N+](=O)[O-])ccc3Cl)n2)cc1F. The summed E-state index contributed by atoms with van der Waals surface area (Å²) in [4.78, 5) is 26.8. The van der Waals surface area contributed by atoms with E-state index in [0.29, 0.717) is 11.3 Å². The quantitative estimate of drug-likeness (QED) is 0.485. The highest BCUT2D eigenvalue weighted by atomic mass is 35.5. The molecule has 0 unspecified atom stereocenters. The molecule has 0 atom stereocenters. The summed E-state index contributed by atoms with van der Waals surface area (Å²) < 4.78 is 18.7. The number of rotatable bonds is 5. The minimum Gasteiger partial charge on any atom is -0.494 e. The van der Waals surface area contributed by atoms with Gasteiger partial charge in [0.1, 0.15) is 0 Å². The molecule has 3 rings (SSSR count). The number of nitro groups is 1. The molecule has 0 saturated carbocycles. The van der Waals surface area contributed by atoms with Crippen molar-refractivity contribution in [2.24, 2.45) is 0 Å². The molecule has 0 aliphatic carbocycles. The van der Waals surface area contributed by atoms with E-state index in [0.717, 1.165) is 17.4 Å². The zero-order valence-corrected chi connectivity index (χ0v) is 15.3. The molecule has 0 aliphatic heterocycles. The summed E-state index contributed by atoms with van der Waals surface area (Å²) in [5, 5.41) is 15.4. The highest BCUT2D eigenvalue weighted by Crippen LogP contribution is 2.29. The number of benzene rings is 2. The normalized spacial score (nSPS) is 10.5. The molecule has 3 aromatic rings. The van der Waals surface area contributed by atoms with Crippen molar-refractivity contribution < 1.29 is 18.8 Å². The lowest BCUT2D eigenvalue weighted by Gasteiger charge is -2.04. The summed E-state index contributed by atoms with van der Waals surface area (Å²) in [6.07, 6.45) is 0. The molecular weight excluding hydrogens is 397 g/mol. The first-order valence-corrected chi connectivity index (χ1v) is 8.69. The van der Waals surface area contributed by atoms with Crippen molar-refractivity contribution in [2.45, 2.75) is 0 Å². The van der Waals surface area contributed by atoms with Crippen LogP contribution in [0.25, 0.3) is 11.3 Å². The van der Waals surface area contributed by atoms with Gasteiger partial charge < -0.3 is 4.74 Å². The molecule has 27 heavy (non-hydrogen) atoms. The summed E-state index contributed by atoms with van der Waals surface area (Å²) in [5.74, 6) is -1.05. The third kappa shape index (κ3) is 4.04. The Bertz CT molecular complexity index is 1040. The molecular formula is C17H11ClFN3O4S. The Labute approximate surface area is 161 Å². The maximum absolute atomic E-state index is 13.8. The van der Waals surface area contributed by atoms with Gasteiger partial charge in [-0.2, -0.15) is 0 Å². The molecule has 1 N–H and O–H groups in total. The fourth-order valence-electron chi connectivity index (χ4n) is 2.25. The predicted molar refractivity (Wildman–Crippen MR) is 100 cm³/mol. The van der Waals surface area contributed by atoms with Gasteiger partial charge in [0.05, 0.1) is 28.3 Å². The first-order chi connectivity index (χ1) is 12.9. The number of methoxy groups -OCH3 is 1. The van der Waals surface area contributed by atoms with Crippen LogP contribution in [0.2, 0.25) is 5.02 Å². The van der Waals surface area contributed by atoms with E-state index in [1.165, 1.54) is 31.4 Å². The fourth-order valence-corrected chi connectivity index (χ4v) is 3.17. The highest BCUT2D eigenvalue weighted by molar-refractivity contribution is 7.14. The van der Waals surface area contributed by atoms with Crippen molar-refractivity contribution >= 4 is 39.7 Å². The second kappa shape index (κ2) is 7.68. The number of halogens is 2. The second-order valence-corrected chi connectivity index (χ2v) is 6.53. The highest BCUT2D eigenvalue weighted by Gasteiger charge is 2.17. The average molecular weight is 408 g/mol. The summed E-state index contributed by atoms with van der Waals surface area (Å²) in [6.45, 7) is 0. The van der Waals surface area contributed by atoms with E-state index in [4.69, 9.17) is 16.3 Å². The third-order valence-corrected chi connectivity index (χ3v) is 4.66. The number of nitrogens with one attached hydrogen (secondary N) is 1. The van der Waals surface area contributed by atoms with E-state index in [9.17, 15) is 19.3 Å². The van der Waals surface area contributed by atoms with Crippen LogP contribution in [0.3, 0.4) is 0 Å². The first-order valence-electron chi connectivity index (χ1n) is 7.43. The van der Waals surface area contributed by atoms with Crippen molar-refractivity contribution in [1.82, 2.24) is 4.98 Å². The fraction of sp³-hybridized carbons (Fsp3) is 0.0588. The van der Waals surface area contributed by atoms with Gasteiger partial charge in [-0.25, -0.2) is 9.37 Å². The Morgan fingerprint density at radius 2 is 2.11 bits per heavy atom. The molecule has 10 heteroatoms. The van der Waals surface area contributed by atoms with Crippen LogP contribution in [0.5, 0.6) is 5.75 Å². The lowest BCUT2D eigenvalue weighted by molar-refractivity contribution is -0.384. The number of nitrogens with zero attached hydrogens (tertiary/aromatic N) is 2. The summed E-state index contributed by atoms with van der Waals surface area (Å²) in [7, 11) is 1.37. The molecule has 7 nitrogen and oxygen atoms in total. The van der Waals surface area contributed by atoms with E-state index >= 15 is 0 Å². The second-order valence-electron chi connectivity index (χ2n) is 5.26. The Hall–Kier alpha value is -3.04. The van der Waals surface area contributed by atoms with Gasteiger partial charge in [0.25, 0.3) is 11.6 Å². The zero-order chi connectivity index (χ0) is 19.6. The Balaban J connectivity index is 1.82. The number of hydrogen-bond donors (Lipinski definition) is 1. The zero-order valence-electron chi connectivity index (χ0n) is 13.7. The lowest BCUT2D eigenvalue weighted by Crippen LogP contribution is -2.12. The maximum atomic E-state index is 13.8. The largest absolute Gasteiger partial charge is 0.494 e. The smallest absolute Gasteiger partial charge is 0.270 e. The Morgan fingerprint density at radius 1 is 1.33 bits per heavy atom.